The predicted molar refractivity (Wildman–Crippen MR) is 31.3 cm³/mol. The number of hydrogen-bond donors (Lipinski definition) is 0. The van der Waals surface area contributed by atoms with Crippen molar-refractivity contribution in [1.82, 2.24) is 0 Å². The molecule has 3 heteroatoms. The highest BCUT2D eigenvalue weighted by Crippen LogP contribution is 2.22. The maximum absolute atomic E-state index is 5.45. The number of alkyl halides is 1. The third-order valence-electron chi connectivity index (χ3n) is 1.17. The van der Waals surface area contributed by atoms with Crippen molar-refractivity contribution in [3.63, 3.8) is 0 Å². The quantitative estimate of drug-likeness (QED) is 0.420. The van der Waals surface area contributed by atoms with Crippen molar-refractivity contribution < 1.29 is 9.47 Å². The first-order valence-corrected chi connectivity index (χ1v) is 3.12. The first-order valence-electron chi connectivity index (χ1n) is 2.59. The van der Waals surface area contributed by atoms with Gasteiger partial charge in [0, 0.05) is 7.11 Å². The Morgan fingerprint density at radius 1 is 1.62 bits per heavy atom. The molecule has 1 aliphatic heterocycles. The lowest BCUT2D eigenvalue weighted by molar-refractivity contribution is 0.171. The standard InChI is InChI=1S/C5H9ClO2/c1-7-3-5-4(2-6)8-5/h4-5H,2-3H2,1H3. The van der Waals surface area contributed by atoms with Crippen LogP contribution in [0.4, 0.5) is 0 Å². The lowest BCUT2D eigenvalue weighted by atomic mass is 10.4. The minimum absolute atomic E-state index is 0.261. The second-order valence-electron chi connectivity index (χ2n) is 1.82. The molecule has 0 aromatic carbocycles. The first-order chi connectivity index (χ1) is 3.88. The molecule has 1 saturated heterocycles. The molecule has 0 N–H and O–H groups in total. The Labute approximate surface area is 53.7 Å². The highest BCUT2D eigenvalue weighted by atomic mass is 35.5. The molecule has 48 valence electrons. The summed E-state index contributed by atoms with van der Waals surface area (Å²) in [5, 5.41) is 0. The summed E-state index contributed by atoms with van der Waals surface area (Å²) >= 11 is 5.45. The fourth-order valence-electron chi connectivity index (χ4n) is 0.626. The Hall–Kier alpha value is 0.210. The van der Waals surface area contributed by atoms with Crippen molar-refractivity contribution in [3.8, 4) is 0 Å². The summed E-state index contributed by atoms with van der Waals surface area (Å²) in [5.41, 5.74) is 0. The smallest absolute Gasteiger partial charge is 0.109 e. The second-order valence-corrected chi connectivity index (χ2v) is 2.13. The third-order valence-corrected chi connectivity index (χ3v) is 1.47. The zero-order valence-electron chi connectivity index (χ0n) is 4.76. The zero-order valence-corrected chi connectivity index (χ0v) is 5.52. The highest BCUT2D eigenvalue weighted by molar-refractivity contribution is 6.18. The average Bonchev–Trinajstić information content (AvgIpc) is 2.48. The van der Waals surface area contributed by atoms with Gasteiger partial charge in [0.05, 0.1) is 12.5 Å². The van der Waals surface area contributed by atoms with Gasteiger partial charge in [-0.05, 0) is 0 Å². The normalized spacial score (nSPS) is 35.2. The van der Waals surface area contributed by atoms with Gasteiger partial charge in [-0.15, -0.1) is 11.6 Å². The van der Waals surface area contributed by atoms with E-state index in [-0.39, 0.29) is 12.2 Å². The first kappa shape index (κ1) is 6.33. The summed E-state index contributed by atoms with van der Waals surface area (Å²) in [5.74, 6) is 0.591. The van der Waals surface area contributed by atoms with Gasteiger partial charge in [-0.1, -0.05) is 0 Å². The average molecular weight is 137 g/mol. The second kappa shape index (κ2) is 2.67. The molecule has 0 aliphatic carbocycles. The maximum atomic E-state index is 5.45. The van der Waals surface area contributed by atoms with Gasteiger partial charge in [0.1, 0.15) is 12.2 Å². The monoisotopic (exact) mass is 136 g/mol. The lowest BCUT2D eigenvalue weighted by Gasteiger charge is -1.87. The summed E-state index contributed by atoms with van der Waals surface area (Å²) in [7, 11) is 1.66. The molecule has 0 saturated carbocycles. The van der Waals surface area contributed by atoms with Crippen molar-refractivity contribution in [2.24, 2.45) is 0 Å². The predicted octanol–water partition coefficient (Wildman–Crippen LogP) is 0.639. The van der Waals surface area contributed by atoms with Crippen LogP contribution in [0.3, 0.4) is 0 Å². The molecule has 1 rings (SSSR count). The van der Waals surface area contributed by atoms with Crippen LogP contribution in [0.25, 0.3) is 0 Å². The fourth-order valence-corrected chi connectivity index (χ4v) is 0.897. The largest absolute Gasteiger partial charge is 0.382 e. The van der Waals surface area contributed by atoms with Crippen molar-refractivity contribution in [3.05, 3.63) is 0 Å². The molecule has 0 amide bonds. The van der Waals surface area contributed by atoms with Gasteiger partial charge in [0.25, 0.3) is 0 Å². The van der Waals surface area contributed by atoms with Crippen LogP contribution in [-0.4, -0.2) is 31.8 Å². The van der Waals surface area contributed by atoms with Crippen molar-refractivity contribution in [2.75, 3.05) is 19.6 Å². The number of methoxy groups -OCH3 is 1. The van der Waals surface area contributed by atoms with Crippen LogP contribution in [0.5, 0.6) is 0 Å². The summed E-state index contributed by atoms with van der Waals surface area (Å²) in [6.07, 6.45) is 0.536. The number of hydrogen-bond acceptors (Lipinski definition) is 2. The molecule has 1 fully saturated rings. The van der Waals surface area contributed by atoms with Crippen LogP contribution in [-0.2, 0) is 9.47 Å². The molecule has 0 aromatic heterocycles. The molecule has 0 bridgehead atoms. The van der Waals surface area contributed by atoms with Gasteiger partial charge in [-0.25, -0.2) is 0 Å². The third kappa shape index (κ3) is 1.34. The Morgan fingerprint density at radius 2 is 2.38 bits per heavy atom. The van der Waals surface area contributed by atoms with Crippen LogP contribution in [0.2, 0.25) is 0 Å². The van der Waals surface area contributed by atoms with E-state index >= 15 is 0 Å². The van der Waals surface area contributed by atoms with Crippen molar-refractivity contribution in [1.29, 1.82) is 0 Å². The van der Waals surface area contributed by atoms with E-state index in [0.29, 0.717) is 12.5 Å². The van der Waals surface area contributed by atoms with E-state index in [1.807, 2.05) is 0 Å². The molecule has 0 aromatic rings. The van der Waals surface area contributed by atoms with Crippen LogP contribution in [0.1, 0.15) is 0 Å². The number of ether oxygens (including phenoxy) is 2. The lowest BCUT2D eigenvalue weighted by Crippen LogP contribution is -2.02. The van der Waals surface area contributed by atoms with Crippen LogP contribution < -0.4 is 0 Å². The topological polar surface area (TPSA) is 21.8 Å². The molecule has 1 aliphatic rings. The molecular weight excluding hydrogens is 128 g/mol. The van der Waals surface area contributed by atoms with Crippen LogP contribution in [0, 0.1) is 0 Å². The number of halogens is 1. The Kier molecular flexibility index (Phi) is 2.11. The van der Waals surface area contributed by atoms with E-state index in [1.54, 1.807) is 7.11 Å². The molecular formula is C5H9ClO2. The number of epoxide rings is 1. The molecule has 0 spiro atoms. The minimum Gasteiger partial charge on any atom is -0.382 e. The van der Waals surface area contributed by atoms with Crippen molar-refractivity contribution in [2.45, 2.75) is 12.2 Å². The minimum atomic E-state index is 0.261. The Morgan fingerprint density at radius 3 is 2.75 bits per heavy atom. The SMILES string of the molecule is COCC1OC1CCl. The van der Waals surface area contributed by atoms with E-state index in [4.69, 9.17) is 21.1 Å². The van der Waals surface area contributed by atoms with Gasteiger partial charge < -0.3 is 9.47 Å². The number of rotatable bonds is 3. The Balaban J connectivity index is 1.99. The van der Waals surface area contributed by atoms with E-state index < -0.39 is 0 Å². The van der Waals surface area contributed by atoms with Gasteiger partial charge in [-0.3, -0.25) is 0 Å². The zero-order chi connectivity index (χ0) is 5.98. The summed E-state index contributed by atoms with van der Waals surface area (Å²) < 4.78 is 9.86. The van der Waals surface area contributed by atoms with E-state index in [2.05, 4.69) is 0 Å². The highest BCUT2D eigenvalue weighted by Gasteiger charge is 2.37. The molecule has 0 radical (unpaired) electrons. The van der Waals surface area contributed by atoms with Gasteiger partial charge in [-0.2, -0.15) is 0 Å². The Bertz CT molecular complexity index is 76.8. The molecule has 2 unspecified atom stereocenters. The van der Waals surface area contributed by atoms with Crippen LogP contribution >= 0.6 is 11.6 Å². The van der Waals surface area contributed by atoms with Crippen LogP contribution in [0.15, 0.2) is 0 Å². The van der Waals surface area contributed by atoms with E-state index in [9.17, 15) is 0 Å². The summed E-state index contributed by atoms with van der Waals surface area (Å²) in [6, 6.07) is 0. The van der Waals surface area contributed by atoms with E-state index in [1.165, 1.54) is 0 Å². The molecule has 1 heterocycles. The maximum Gasteiger partial charge on any atom is 0.109 e. The van der Waals surface area contributed by atoms with Gasteiger partial charge in [0.15, 0.2) is 0 Å². The summed E-state index contributed by atoms with van der Waals surface area (Å²) in [6.45, 7) is 0.678. The van der Waals surface area contributed by atoms with E-state index in [0.717, 1.165) is 0 Å². The van der Waals surface area contributed by atoms with Gasteiger partial charge >= 0.3 is 0 Å². The fraction of sp³-hybridized carbons (Fsp3) is 1.00. The summed E-state index contributed by atoms with van der Waals surface area (Å²) in [4.78, 5) is 0. The van der Waals surface area contributed by atoms with Crippen molar-refractivity contribution >= 4 is 11.6 Å². The molecule has 2 atom stereocenters. The molecule has 8 heavy (non-hydrogen) atoms. The molecule has 2 nitrogen and oxygen atoms in total. The van der Waals surface area contributed by atoms with Gasteiger partial charge in [0.2, 0.25) is 0 Å².